The standard InChI is InChI=1S/C16H18N2O3S2/c1-2-23(20,21)12-9-7-11(8-10-12)15(19)18-16-17-13-5-3-4-6-14(13)22-16/h7-10H,2-6H2,1H3,(H,17,18,19). The van der Waals surface area contributed by atoms with Crippen LogP contribution in [-0.2, 0) is 22.7 Å². The molecule has 3 rings (SSSR count). The molecular weight excluding hydrogens is 332 g/mol. The summed E-state index contributed by atoms with van der Waals surface area (Å²) in [4.78, 5) is 18.2. The number of hydrogen-bond donors (Lipinski definition) is 1. The fraction of sp³-hybridized carbons (Fsp3) is 0.375. The molecule has 0 radical (unpaired) electrons. The van der Waals surface area contributed by atoms with Crippen molar-refractivity contribution in [2.24, 2.45) is 0 Å². The summed E-state index contributed by atoms with van der Waals surface area (Å²) in [6.45, 7) is 1.60. The van der Waals surface area contributed by atoms with E-state index in [1.807, 2.05) is 0 Å². The van der Waals surface area contributed by atoms with Gasteiger partial charge in [-0.25, -0.2) is 13.4 Å². The van der Waals surface area contributed by atoms with Crippen LogP contribution < -0.4 is 5.32 Å². The fourth-order valence-electron chi connectivity index (χ4n) is 2.56. The Kier molecular flexibility index (Phi) is 4.50. The van der Waals surface area contributed by atoms with Crippen molar-refractivity contribution in [2.75, 3.05) is 11.1 Å². The molecule has 0 fully saturated rings. The third-order valence-electron chi connectivity index (χ3n) is 3.92. The van der Waals surface area contributed by atoms with E-state index in [1.165, 1.54) is 46.9 Å². The molecule has 23 heavy (non-hydrogen) atoms. The van der Waals surface area contributed by atoms with Gasteiger partial charge < -0.3 is 0 Å². The van der Waals surface area contributed by atoms with Crippen molar-refractivity contribution in [3.63, 3.8) is 0 Å². The van der Waals surface area contributed by atoms with Crippen LogP contribution in [-0.4, -0.2) is 25.1 Å². The van der Waals surface area contributed by atoms with E-state index in [9.17, 15) is 13.2 Å². The first-order valence-electron chi connectivity index (χ1n) is 7.62. The van der Waals surface area contributed by atoms with Gasteiger partial charge in [-0.2, -0.15) is 0 Å². The largest absolute Gasteiger partial charge is 0.298 e. The first kappa shape index (κ1) is 16.1. The summed E-state index contributed by atoms with van der Waals surface area (Å²) in [5.74, 6) is -0.222. The zero-order valence-corrected chi connectivity index (χ0v) is 14.5. The molecule has 1 aliphatic rings. The second-order valence-corrected chi connectivity index (χ2v) is 8.84. The number of fused-ring (bicyclic) bond motifs is 1. The zero-order valence-electron chi connectivity index (χ0n) is 12.8. The van der Waals surface area contributed by atoms with Gasteiger partial charge in [0, 0.05) is 10.4 Å². The van der Waals surface area contributed by atoms with Crippen molar-refractivity contribution in [1.82, 2.24) is 4.98 Å². The molecule has 1 aliphatic carbocycles. The molecule has 2 aromatic rings. The first-order chi connectivity index (χ1) is 11.0. The molecule has 1 amide bonds. The van der Waals surface area contributed by atoms with Gasteiger partial charge in [-0.05, 0) is 49.9 Å². The summed E-state index contributed by atoms with van der Waals surface area (Å²) in [6, 6.07) is 6.01. The lowest BCUT2D eigenvalue weighted by atomic mass is 10.0. The average molecular weight is 350 g/mol. The third-order valence-corrected chi connectivity index (χ3v) is 6.75. The smallest absolute Gasteiger partial charge is 0.257 e. The maximum absolute atomic E-state index is 12.3. The molecule has 0 unspecified atom stereocenters. The van der Waals surface area contributed by atoms with E-state index in [1.54, 1.807) is 6.92 Å². The van der Waals surface area contributed by atoms with E-state index < -0.39 is 9.84 Å². The van der Waals surface area contributed by atoms with Crippen LogP contribution in [0.2, 0.25) is 0 Å². The van der Waals surface area contributed by atoms with E-state index in [4.69, 9.17) is 0 Å². The number of sulfone groups is 1. The summed E-state index contributed by atoms with van der Waals surface area (Å²) in [5.41, 5.74) is 1.52. The molecule has 0 saturated carbocycles. The molecule has 0 atom stereocenters. The van der Waals surface area contributed by atoms with Gasteiger partial charge in [0.2, 0.25) is 0 Å². The summed E-state index contributed by atoms with van der Waals surface area (Å²) >= 11 is 1.53. The minimum atomic E-state index is -3.24. The molecule has 122 valence electrons. The Balaban J connectivity index is 1.74. The van der Waals surface area contributed by atoms with Crippen LogP contribution in [0.5, 0.6) is 0 Å². The van der Waals surface area contributed by atoms with Crippen LogP contribution in [0.15, 0.2) is 29.2 Å². The Morgan fingerprint density at radius 1 is 1.22 bits per heavy atom. The van der Waals surface area contributed by atoms with E-state index in [0.29, 0.717) is 10.7 Å². The lowest BCUT2D eigenvalue weighted by molar-refractivity contribution is 0.102. The van der Waals surface area contributed by atoms with Gasteiger partial charge in [0.1, 0.15) is 0 Å². The minimum Gasteiger partial charge on any atom is -0.298 e. The molecule has 1 aromatic heterocycles. The number of anilines is 1. The topological polar surface area (TPSA) is 76.1 Å². The highest BCUT2D eigenvalue weighted by Gasteiger charge is 2.17. The normalized spacial score (nSPS) is 14.3. The van der Waals surface area contributed by atoms with Crippen LogP contribution in [0.3, 0.4) is 0 Å². The van der Waals surface area contributed by atoms with Gasteiger partial charge in [0.05, 0.1) is 16.3 Å². The molecule has 1 N–H and O–H groups in total. The Morgan fingerprint density at radius 2 is 1.91 bits per heavy atom. The Hall–Kier alpha value is -1.73. The predicted molar refractivity (Wildman–Crippen MR) is 90.9 cm³/mol. The first-order valence-corrected chi connectivity index (χ1v) is 10.1. The number of nitrogens with one attached hydrogen (secondary N) is 1. The highest BCUT2D eigenvalue weighted by molar-refractivity contribution is 7.91. The van der Waals surface area contributed by atoms with Crippen LogP contribution in [0.1, 0.15) is 40.7 Å². The van der Waals surface area contributed by atoms with Crippen LogP contribution in [0.4, 0.5) is 5.13 Å². The van der Waals surface area contributed by atoms with E-state index >= 15 is 0 Å². The van der Waals surface area contributed by atoms with Gasteiger partial charge in [-0.15, -0.1) is 11.3 Å². The Bertz CT molecular complexity index is 800. The maximum Gasteiger partial charge on any atom is 0.257 e. The van der Waals surface area contributed by atoms with Crippen molar-refractivity contribution in [1.29, 1.82) is 0 Å². The van der Waals surface area contributed by atoms with Gasteiger partial charge >= 0.3 is 0 Å². The number of benzene rings is 1. The molecule has 5 nitrogen and oxygen atoms in total. The lowest BCUT2D eigenvalue weighted by Gasteiger charge is -2.06. The molecule has 0 spiro atoms. The van der Waals surface area contributed by atoms with E-state index in [2.05, 4.69) is 10.3 Å². The number of aromatic nitrogens is 1. The van der Waals surface area contributed by atoms with Crippen molar-refractivity contribution in [3.8, 4) is 0 Å². The summed E-state index contributed by atoms with van der Waals surface area (Å²) in [5, 5.41) is 3.42. The Labute approximate surface area is 139 Å². The Morgan fingerprint density at radius 3 is 2.57 bits per heavy atom. The number of carbonyl (C=O) groups excluding carboxylic acids is 1. The maximum atomic E-state index is 12.3. The minimum absolute atomic E-state index is 0.0449. The van der Waals surface area contributed by atoms with Crippen LogP contribution in [0, 0.1) is 0 Å². The quantitative estimate of drug-likeness (QED) is 0.919. The van der Waals surface area contributed by atoms with Gasteiger partial charge in [0.25, 0.3) is 5.91 Å². The van der Waals surface area contributed by atoms with E-state index in [0.717, 1.165) is 25.0 Å². The number of nitrogens with zero attached hydrogens (tertiary/aromatic N) is 1. The zero-order chi connectivity index (χ0) is 16.4. The van der Waals surface area contributed by atoms with Gasteiger partial charge in [0.15, 0.2) is 15.0 Å². The number of rotatable bonds is 4. The summed E-state index contributed by atoms with van der Waals surface area (Å²) < 4.78 is 23.6. The number of amides is 1. The van der Waals surface area contributed by atoms with Crippen LogP contribution >= 0.6 is 11.3 Å². The molecular formula is C16H18N2O3S2. The van der Waals surface area contributed by atoms with Crippen molar-refractivity contribution in [2.45, 2.75) is 37.5 Å². The lowest BCUT2D eigenvalue weighted by Crippen LogP contribution is -2.12. The highest BCUT2D eigenvalue weighted by Crippen LogP contribution is 2.29. The molecule has 7 heteroatoms. The number of thiazole rings is 1. The van der Waals surface area contributed by atoms with Crippen molar-refractivity contribution < 1.29 is 13.2 Å². The number of hydrogen-bond acceptors (Lipinski definition) is 5. The number of carbonyl (C=O) groups is 1. The monoisotopic (exact) mass is 350 g/mol. The second kappa shape index (κ2) is 6.41. The molecule has 0 bridgehead atoms. The summed E-state index contributed by atoms with van der Waals surface area (Å²) in [7, 11) is -3.24. The highest BCUT2D eigenvalue weighted by atomic mass is 32.2. The molecule has 0 aliphatic heterocycles. The van der Waals surface area contributed by atoms with Crippen molar-refractivity contribution >= 4 is 32.2 Å². The second-order valence-electron chi connectivity index (χ2n) is 5.48. The van der Waals surface area contributed by atoms with Gasteiger partial charge in [-0.1, -0.05) is 6.92 Å². The fourth-order valence-corrected chi connectivity index (χ4v) is 4.48. The third kappa shape index (κ3) is 3.45. The predicted octanol–water partition coefficient (Wildman–Crippen LogP) is 3.07. The van der Waals surface area contributed by atoms with Crippen LogP contribution in [0.25, 0.3) is 0 Å². The SMILES string of the molecule is CCS(=O)(=O)c1ccc(C(=O)Nc2nc3c(s2)CCCC3)cc1. The van der Waals surface area contributed by atoms with Gasteiger partial charge in [-0.3, -0.25) is 10.1 Å². The number of aryl methyl sites for hydroxylation is 2. The average Bonchev–Trinajstić information content (AvgIpc) is 2.97. The molecule has 0 saturated heterocycles. The molecule has 1 heterocycles. The van der Waals surface area contributed by atoms with Crippen molar-refractivity contribution in [3.05, 3.63) is 40.4 Å². The molecule has 1 aromatic carbocycles. The van der Waals surface area contributed by atoms with E-state index in [-0.39, 0.29) is 16.6 Å². The summed E-state index contributed by atoms with van der Waals surface area (Å²) in [6.07, 6.45) is 4.34.